The summed E-state index contributed by atoms with van der Waals surface area (Å²) in [6.07, 6.45) is 9.70. The van der Waals surface area contributed by atoms with Crippen LogP contribution in [0.5, 0.6) is 11.6 Å². The Hall–Kier alpha value is -2.37. The minimum Gasteiger partial charge on any atom is -0.493 e. The third-order valence-electron chi connectivity index (χ3n) is 4.94. The van der Waals surface area contributed by atoms with Crippen LogP contribution in [0.1, 0.15) is 61.0 Å². The topological polar surface area (TPSA) is 77.2 Å². The number of aromatic hydroxyl groups is 1. The first-order valence-electron chi connectivity index (χ1n) is 9.01. The van der Waals surface area contributed by atoms with E-state index in [0.29, 0.717) is 36.0 Å². The number of aldehydes is 1. The molecule has 2 aromatic rings. The van der Waals surface area contributed by atoms with Crippen LogP contribution in [0, 0.1) is 5.92 Å². The lowest BCUT2D eigenvalue weighted by Gasteiger charge is -2.32. The molecule has 3 rings (SSSR count). The van der Waals surface area contributed by atoms with E-state index in [2.05, 4.69) is 27.8 Å². The molecule has 25 heavy (non-hydrogen) atoms. The van der Waals surface area contributed by atoms with Crippen LogP contribution in [0.3, 0.4) is 0 Å². The van der Waals surface area contributed by atoms with E-state index in [9.17, 15) is 9.90 Å². The van der Waals surface area contributed by atoms with Crippen molar-refractivity contribution in [2.45, 2.75) is 51.5 Å². The van der Waals surface area contributed by atoms with Crippen molar-refractivity contribution >= 4 is 6.29 Å². The molecule has 6 nitrogen and oxygen atoms in total. The van der Waals surface area contributed by atoms with Gasteiger partial charge in [-0.05, 0) is 25.3 Å². The number of carbonyl (C=O) groups excluding carboxylic acids is 1. The van der Waals surface area contributed by atoms with E-state index < -0.39 is 0 Å². The second-order valence-corrected chi connectivity index (χ2v) is 6.64. The van der Waals surface area contributed by atoms with Gasteiger partial charge in [0, 0.05) is 36.3 Å². The maximum Gasteiger partial charge on any atom is 0.211 e. The summed E-state index contributed by atoms with van der Waals surface area (Å²) in [6, 6.07) is 3.45. The van der Waals surface area contributed by atoms with Crippen LogP contribution >= 0.6 is 0 Å². The summed E-state index contributed by atoms with van der Waals surface area (Å²) in [6.45, 7) is 3.63. The van der Waals surface area contributed by atoms with E-state index in [-0.39, 0.29) is 5.88 Å². The van der Waals surface area contributed by atoms with Gasteiger partial charge in [-0.3, -0.25) is 9.48 Å². The average molecular weight is 343 g/mol. The molecule has 0 amide bonds. The van der Waals surface area contributed by atoms with E-state index in [1.54, 1.807) is 0 Å². The van der Waals surface area contributed by atoms with Gasteiger partial charge in [0.2, 0.25) is 5.88 Å². The zero-order valence-corrected chi connectivity index (χ0v) is 14.6. The number of nitrogens with zero attached hydrogens (tertiary/aromatic N) is 3. The number of aromatic nitrogens is 3. The predicted molar refractivity (Wildman–Crippen MR) is 94.0 cm³/mol. The van der Waals surface area contributed by atoms with Gasteiger partial charge >= 0.3 is 0 Å². The average Bonchev–Trinajstić information content (AvgIpc) is 3.09. The Morgan fingerprint density at radius 3 is 3.04 bits per heavy atom. The molecule has 1 N–H and O–H groups in total. The molecule has 1 saturated carbocycles. The minimum atomic E-state index is -0.173. The van der Waals surface area contributed by atoms with Crippen molar-refractivity contribution in [2.24, 2.45) is 5.92 Å². The summed E-state index contributed by atoms with van der Waals surface area (Å²) < 4.78 is 8.03. The summed E-state index contributed by atoms with van der Waals surface area (Å²) in [5, 5.41) is 13.9. The first-order chi connectivity index (χ1) is 12.2. The monoisotopic (exact) mass is 343 g/mol. The summed E-state index contributed by atoms with van der Waals surface area (Å²) in [7, 11) is 0. The number of aryl methyl sites for hydroxylation is 1. The smallest absolute Gasteiger partial charge is 0.211 e. The Morgan fingerprint density at radius 1 is 1.40 bits per heavy atom. The molecule has 0 saturated heterocycles. The van der Waals surface area contributed by atoms with E-state index >= 15 is 0 Å². The number of hydrogen-bond acceptors (Lipinski definition) is 5. The second-order valence-electron chi connectivity index (χ2n) is 6.64. The highest BCUT2D eigenvalue weighted by molar-refractivity contribution is 5.79. The van der Waals surface area contributed by atoms with Gasteiger partial charge in [0.15, 0.2) is 6.29 Å². The van der Waals surface area contributed by atoms with Crippen LogP contribution in [-0.4, -0.2) is 32.8 Å². The number of rotatable bonds is 7. The highest BCUT2D eigenvalue weighted by atomic mass is 16.5. The lowest BCUT2D eigenvalue weighted by Crippen LogP contribution is -2.26. The molecule has 2 heterocycles. The third-order valence-corrected chi connectivity index (χ3v) is 4.94. The number of carbonyl (C=O) groups is 1. The Morgan fingerprint density at radius 2 is 2.24 bits per heavy atom. The molecule has 1 aliphatic rings. The Labute approximate surface area is 147 Å². The fourth-order valence-electron chi connectivity index (χ4n) is 3.71. The molecular weight excluding hydrogens is 318 g/mol. The molecule has 0 bridgehead atoms. The van der Waals surface area contributed by atoms with Crippen LogP contribution in [-0.2, 0) is 6.54 Å². The summed E-state index contributed by atoms with van der Waals surface area (Å²) in [5.41, 5.74) is 1.62. The van der Waals surface area contributed by atoms with E-state index in [4.69, 9.17) is 4.74 Å². The maximum atomic E-state index is 11.2. The molecule has 1 aliphatic carbocycles. The van der Waals surface area contributed by atoms with Gasteiger partial charge in [-0.2, -0.15) is 5.10 Å². The van der Waals surface area contributed by atoms with E-state index in [1.165, 1.54) is 30.8 Å². The Balaban J connectivity index is 1.73. The zero-order valence-electron chi connectivity index (χ0n) is 14.6. The summed E-state index contributed by atoms with van der Waals surface area (Å²) in [5.74, 6) is 1.06. The molecule has 2 atom stereocenters. The summed E-state index contributed by atoms with van der Waals surface area (Å²) >= 11 is 0. The molecule has 0 spiro atoms. The fraction of sp³-hybridized carbons (Fsp3) is 0.526. The van der Waals surface area contributed by atoms with Crippen molar-refractivity contribution in [1.82, 2.24) is 14.8 Å². The third kappa shape index (κ3) is 4.00. The van der Waals surface area contributed by atoms with E-state index in [0.717, 1.165) is 25.8 Å². The molecule has 0 radical (unpaired) electrons. The maximum absolute atomic E-state index is 11.2. The normalized spacial score (nSPS) is 20.4. The Kier molecular flexibility index (Phi) is 5.68. The van der Waals surface area contributed by atoms with Gasteiger partial charge in [0.05, 0.1) is 18.4 Å². The molecule has 0 aromatic carbocycles. The molecule has 6 heteroatoms. The first kappa shape index (κ1) is 17.5. The van der Waals surface area contributed by atoms with Crippen LogP contribution in [0.2, 0.25) is 0 Å². The quantitative estimate of drug-likeness (QED) is 0.778. The van der Waals surface area contributed by atoms with Crippen molar-refractivity contribution < 1.29 is 14.6 Å². The van der Waals surface area contributed by atoms with Crippen molar-refractivity contribution in [1.29, 1.82) is 0 Å². The molecule has 1 fully saturated rings. The lowest BCUT2D eigenvalue weighted by molar-refractivity contribution is 0.111. The highest BCUT2D eigenvalue weighted by Crippen LogP contribution is 2.38. The van der Waals surface area contributed by atoms with Gasteiger partial charge in [-0.1, -0.05) is 19.8 Å². The lowest BCUT2D eigenvalue weighted by atomic mass is 9.78. The molecule has 2 unspecified atom stereocenters. The number of pyridine rings is 1. The second kappa shape index (κ2) is 8.14. The largest absolute Gasteiger partial charge is 0.493 e. The van der Waals surface area contributed by atoms with Gasteiger partial charge < -0.3 is 9.84 Å². The zero-order chi connectivity index (χ0) is 17.6. The van der Waals surface area contributed by atoms with E-state index in [1.807, 2.05) is 6.20 Å². The highest BCUT2D eigenvalue weighted by Gasteiger charge is 2.29. The SMILES string of the molecule is CCCn1nccc1C1CCCCC1COc1cnc(O)cc1C=O. The van der Waals surface area contributed by atoms with Crippen molar-refractivity contribution in [3.63, 3.8) is 0 Å². The van der Waals surface area contributed by atoms with Crippen molar-refractivity contribution in [3.8, 4) is 11.6 Å². The van der Waals surface area contributed by atoms with Gasteiger partial charge in [0.1, 0.15) is 5.75 Å². The Bertz CT molecular complexity index is 714. The first-order valence-corrected chi connectivity index (χ1v) is 9.01. The summed E-state index contributed by atoms with van der Waals surface area (Å²) in [4.78, 5) is 15.0. The van der Waals surface area contributed by atoms with Gasteiger partial charge in [-0.15, -0.1) is 0 Å². The van der Waals surface area contributed by atoms with Crippen LogP contribution < -0.4 is 4.74 Å². The number of hydrogen-bond donors (Lipinski definition) is 1. The van der Waals surface area contributed by atoms with Crippen LogP contribution in [0.15, 0.2) is 24.5 Å². The molecule has 0 aliphatic heterocycles. The van der Waals surface area contributed by atoms with Gasteiger partial charge in [0.25, 0.3) is 0 Å². The van der Waals surface area contributed by atoms with Crippen molar-refractivity contribution in [3.05, 3.63) is 35.8 Å². The van der Waals surface area contributed by atoms with Crippen LogP contribution in [0.25, 0.3) is 0 Å². The molecule has 2 aromatic heterocycles. The predicted octanol–water partition coefficient (Wildman–Crippen LogP) is 3.56. The standard InChI is InChI=1S/C19H25N3O3/c1-2-9-22-17(7-8-21-22)16-6-4-3-5-14(16)13-25-18-11-20-19(24)10-15(18)12-23/h7-8,10-12,14,16H,2-6,9,13H2,1H3,(H,20,24). The van der Waals surface area contributed by atoms with Gasteiger partial charge in [-0.25, -0.2) is 4.98 Å². The minimum absolute atomic E-state index is 0.173. The van der Waals surface area contributed by atoms with Crippen LogP contribution in [0.4, 0.5) is 0 Å². The van der Waals surface area contributed by atoms with Crippen molar-refractivity contribution in [2.75, 3.05) is 6.61 Å². The number of ether oxygens (including phenoxy) is 1. The molecular formula is C19H25N3O3. The fourth-order valence-corrected chi connectivity index (χ4v) is 3.71. The molecule has 134 valence electrons.